The van der Waals surface area contributed by atoms with Crippen molar-refractivity contribution in [2.24, 2.45) is 5.41 Å². The summed E-state index contributed by atoms with van der Waals surface area (Å²) in [5.41, 5.74) is -0.223. The summed E-state index contributed by atoms with van der Waals surface area (Å²) in [6, 6.07) is 10.3. The van der Waals surface area contributed by atoms with Gasteiger partial charge in [0.15, 0.2) is 0 Å². The lowest BCUT2D eigenvalue weighted by molar-refractivity contribution is 0.414. The van der Waals surface area contributed by atoms with E-state index in [4.69, 9.17) is 10.00 Å². The molecule has 0 fully saturated rings. The molecule has 0 radical (unpaired) electrons. The number of nitriles is 1. The molecule has 86 valence electrons. The van der Waals surface area contributed by atoms with Gasteiger partial charge in [-0.15, -0.1) is 11.8 Å². The van der Waals surface area contributed by atoms with E-state index in [1.165, 1.54) is 4.90 Å². The van der Waals surface area contributed by atoms with Crippen molar-refractivity contribution in [3.8, 4) is 11.8 Å². The SMILES string of the molecule is COc1ccc(SCCC(C)(C)C#N)cc1. The normalized spacial score (nSPS) is 10.9. The number of rotatable bonds is 5. The monoisotopic (exact) mass is 235 g/mol. The van der Waals surface area contributed by atoms with Crippen molar-refractivity contribution in [3.05, 3.63) is 24.3 Å². The molecule has 0 bridgehead atoms. The molecule has 0 saturated heterocycles. The second kappa shape index (κ2) is 5.81. The molecule has 1 aromatic carbocycles. The van der Waals surface area contributed by atoms with Gasteiger partial charge in [0.25, 0.3) is 0 Å². The lowest BCUT2D eigenvalue weighted by Gasteiger charge is -2.13. The van der Waals surface area contributed by atoms with E-state index < -0.39 is 0 Å². The second-order valence-corrected chi connectivity index (χ2v) is 5.44. The molecule has 0 amide bonds. The third-order valence-electron chi connectivity index (χ3n) is 2.36. The first-order valence-electron chi connectivity index (χ1n) is 5.25. The Morgan fingerprint density at radius 3 is 2.44 bits per heavy atom. The van der Waals surface area contributed by atoms with Crippen LogP contribution in [0.1, 0.15) is 20.3 Å². The van der Waals surface area contributed by atoms with Crippen molar-refractivity contribution in [3.63, 3.8) is 0 Å². The Kier molecular flexibility index (Phi) is 4.70. The van der Waals surface area contributed by atoms with Gasteiger partial charge in [-0.1, -0.05) is 0 Å². The van der Waals surface area contributed by atoms with Crippen LogP contribution in [0.25, 0.3) is 0 Å². The Morgan fingerprint density at radius 2 is 1.94 bits per heavy atom. The van der Waals surface area contributed by atoms with Gasteiger partial charge < -0.3 is 4.74 Å². The molecule has 0 saturated carbocycles. The Balaban J connectivity index is 2.41. The van der Waals surface area contributed by atoms with Crippen LogP contribution >= 0.6 is 11.8 Å². The van der Waals surface area contributed by atoms with Gasteiger partial charge in [0.05, 0.1) is 18.6 Å². The van der Waals surface area contributed by atoms with Gasteiger partial charge in [-0.05, 0) is 50.3 Å². The molecule has 0 N–H and O–H groups in total. The fourth-order valence-corrected chi connectivity index (χ4v) is 2.33. The van der Waals surface area contributed by atoms with Crippen LogP contribution in [0.15, 0.2) is 29.2 Å². The number of methoxy groups -OCH3 is 1. The Bertz CT molecular complexity index is 365. The summed E-state index contributed by atoms with van der Waals surface area (Å²) < 4.78 is 5.09. The van der Waals surface area contributed by atoms with Crippen LogP contribution in [0.5, 0.6) is 5.75 Å². The maximum absolute atomic E-state index is 8.88. The molecule has 0 heterocycles. The predicted molar refractivity (Wildman–Crippen MR) is 67.7 cm³/mol. The van der Waals surface area contributed by atoms with E-state index in [2.05, 4.69) is 6.07 Å². The average molecular weight is 235 g/mol. The lowest BCUT2D eigenvalue weighted by atomic mass is 9.93. The number of ether oxygens (including phenoxy) is 1. The summed E-state index contributed by atoms with van der Waals surface area (Å²) in [5, 5.41) is 8.88. The van der Waals surface area contributed by atoms with Crippen LogP contribution in [-0.4, -0.2) is 12.9 Å². The van der Waals surface area contributed by atoms with Gasteiger partial charge in [0.1, 0.15) is 5.75 Å². The van der Waals surface area contributed by atoms with Gasteiger partial charge in [-0.2, -0.15) is 5.26 Å². The van der Waals surface area contributed by atoms with Crippen molar-refractivity contribution >= 4 is 11.8 Å². The topological polar surface area (TPSA) is 33.0 Å². The molecule has 3 heteroatoms. The second-order valence-electron chi connectivity index (χ2n) is 4.27. The molecule has 0 aliphatic rings. The highest BCUT2D eigenvalue weighted by atomic mass is 32.2. The molecule has 0 aliphatic heterocycles. The van der Waals surface area contributed by atoms with Crippen molar-refractivity contribution in [2.75, 3.05) is 12.9 Å². The van der Waals surface area contributed by atoms with E-state index in [1.54, 1.807) is 18.9 Å². The zero-order valence-electron chi connectivity index (χ0n) is 9.99. The molecule has 0 unspecified atom stereocenters. The molecule has 0 spiro atoms. The summed E-state index contributed by atoms with van der Waals surface area (Å²) in [6.45, 7) is 3.95. The number of hydrogen-bond acceptors (Lipinski definition) is 3. The Labute approximate surface area is 102 Å². The minimum Gasteiger partial charge on any atom is -0.497 e. The van der Waals surface area contributed by atoms with E-state index in [-0.39, 0.29) is 5.41 Å². The van der Waals surface area contributed by atoms with Crippen LogP contribution < -0.4 is 4.74 Å². The van der Waals surface area contributed by atoms with E-state index in [9.17, 15) is 0 Å². The van der Waals surface area contributed by atoms with Gasteiger partial charge in [0, 0.05) is 4.90 Å². The third kappa shape index (κ3) is 4.16. The standard InChI is InChI=1S/C13H17NOS/c1-13(2,10-14)8-9-16-12-6-4-11(15-3)5-7-12/h4-7H,8-9H2,1-3H3. The van der Waals surface area contributed by atoms with E-state index >= 15 is 0 Å². The van der Waals surface area contributed by atoms with Gasteiger partial charge in [-0.3, -0.25) is 0 Å². The van der Waals surface area contributed by atoms with Crippen molar-refractivity contribution in [2.45, 2.75) is 25.2 Å². The fraction of sp³-hybridized carbons (Fsp3) is 0.462. The zero-order chi connectivity index (χ0) is 12.0. The number of thioether (sulfide) groups is 1. The smallest absolute Gasteiger partial charge is 0.118 e. The molecule has 0 atom stereocenters. The lowest BCUT2D eigenvalue weighted by Crippen LogP contribution is -2.08. The molecule has 1 aromatic rings. The number of nitrogens with zero attached hydrogens (tertiary/aromatic N) is 1. The molecule has 16 heavy (non-hydrogen) atoms. The largest absolute Gasteiger partial charge is 0.497 e. The molecule has 2 nitrogen and oxygen atoms in total. The first kappa shape index (κ1) is 12.9. The third-order valence-corrected chi connectivity index (χ3v) is 3.37. The van der Waals surface area contributed by atoms with E-state index in [0.717, 1.165) is 17.9 Å². The van der Waals surface area contributed by atoms with Crippen molar-refractivity contribution < 1.29 is 4.74 Å². The van der Waals surface area contributed by atoms with Crippen LogP contribution in [0.3, 0.4) is 0 Å². The Hall–Kier alpha value is -1.14. The maximum Gasteiger partial charge on any atom is 0.118 e. The van der Waals surface area contributed by atoms with Crippen LogP contribution in [0, 0.1) is 16.7 Å². The summed E-state index contributed by atoms with van der Waals surface area (Å²) in [6.07, 6.45) is 0.903. The fourth-order valence-electron chi connectivity index (χ4n) is 1.15. The molecular weight excluding hydrogens is 218 g/mol. The number of hydrogen-bond donors (Lipinski definition) is 0. The average Bonchev–Trinajstić information content (AvgIpc) is 2.30. The summed E-state index contributed by atoms with van der Waals surface area (Å²) in [5.74, 6) is 1.84. The van der Waals surface area contributed by atoms with Crippen molar-refractivity contribution in [1.29, 1.82) is 5.26 Å². The predicted octanol–water partition coefficient (Wildman–Crippen LogP) is 3.73. The quantitative estimate of drug-likeness (QED) is 0.729. The van der Waals surface area contributed by atoms with Gasteiger partial charge >= 0.3 is 0 Å². The number of benzene rings is 1. The molecule has 0 aliphatic carbocycles. The molecule has 0 aromatic heterocycles. The summed E-state index contributed by atoms with van der Waals surface area (Å²) >= 11 is 1.78. The highest BCUT2D eigenvalue weighted by Gasteiger charge is 2.15. The zero-order valence-corrected chi connectivity index (χ0v) is 10.8. The molecular formula is C13H17NOS. The maximum atomic E-state index is 8.88. The summed E-state index contributed by atoms with van der Waals surface area (Å²) in [4.78, 5) is 1.22. The first-order valence-corrected chi connectivity index (χ1v) is 6.24. The van der Waals surface area contributed by atoms with Gasteiger partial charge in [-0.25, -0.2) is 0 Å². The van der Waals surface area contributed by atoms with E-state index in [1.807, 2.05) is 38.1 Å². The highest BCUT2D eigenvalue weighted by Crippen LogP contribution is 2.26. The van der Waals surface area contributed by atoms with Crippen LogP contribution in [-0.2, 0) is 0 Å². The van der Waals surface area contributed by atoms with E-state index in [0.29, 0.717) is 0 Å². The van der Waals surface area contributed by atoms with Crippen LogP contribution in [0.4, 0.5) is 0 Å². The highest BCUT2D eigenvalue weighted by molar-refractivity contribution is 7.99. The van der Waals surface area contributed by atoms with Gasteiger partial charge in [0.2, 0.25) is 0 Å². The minimum absolute atomic E-state index is 0.223. The first-order chi connectivity index (χ1) is 7.57. The van der Waals surface area contributed by atoms with Crippen molar-refractivity contribution in [1.82, 2.24) is 0 Å². The Morgan fingerprint density at radius 1 is 1.31 bits per heavy atom. The molecule has 1 rings (SSSR count). The minimum atomic E-state index is -0.223. The summed E-state index contributed by atoms with van der Waals surface area (Å²) in [7, 11) is 1.66. The van der Waals surface area contributed by atoms with Crippen LogP contribution in [0.2, 0.25) is 0 Å².